The zero-order valence-corrected chi connectivity index (χ0v) is 43.8. The number of esters is 3. The number of cyclic esters (lactones) is 1. The zero-order chi connectivity index (χ0) is 53.4. The number of methoxy groups -OCH3 is 1. The highest BCUT2D eigenvalue weighted by Crippen LogP contribution is 2.45. The molecular weight excluding hydrogens is 971 g/mol. The maximum Gasteiger partial charge on any atom is 0.374 e. The first-order chi connectivity index (χ1) is 33.2. The molecule has 1 aromatic rings. The molecule has 0 saturated carbocycles. The molecular formula is C51H72Cl2O18. The quantitative estimate of drug-likeness (QED) is 0.0699. The average Bonchev–Trinajstić information content (AvgIpc) is 3.30. The number of halogens is 2. The molecule has 20 heteroatoms. The molecule has 71 heavy (non-hydrogen) atoms. The van der Waals surface area contributed by atoms with Crippen molar-refractivity contribution < 1.29 is 88.0 Å². The number of aliphatic hydroxyl groups excluding tert-OH is 5. The van der Waals surface area contributed by atoms with E-state index in [0.29, 0.717) is 23.1 Å². The SMILES string of the molecule is CCc1c(Cl)c(O)c(Cl)c(O)c1C(=O)O[C@@H]1[C@@H](O)[C@@H](OC)[C@@H](O/C2=C/C=C/C[C@@H](O)/C(C)=C/[C@H](CC)[C@@H](O[C@@H]3OC(C)(C)[C@@H](OC(=O)C(C)C)[C@H](O)[C@@H]3O)/C(C)=C/C(C)=C/C[C@@H]([C@@H](C)O)OC2=O)O[C@H]1C. The lowest BCUT2D eigenvalue weighted by Crippen LogP contribution is -2.64. The summed E-state index contributed by atoms with van der Waals surface area (Å²) in [4.78, 5) is 40.1. The number of ether oxygens (including phenoxy) is 8. The van der Waals surface area contributed by atoms with E-state index in [9.17, 15) is 50.1 Å². The summed E-state index contributed by atoms with van der Waals surface area (Å²) >= 11 is 12.3. The first kappa shape index (κ1) is 59.5. The Morgan fingerprint density at radius 3 is 2.15 bits per heavy atom. The van der Waals surface area contributed by atoms with Crippen LogP contribution in [0.25, 0.3) is 0 Å². The van der Waals surface area contributed by atoms with Gasteiger partial charge in [0.15, 0.2) is 30.0 Å². The summed E-state index contributed by atoms with van der Waals surface area (Å²) in [6.07, 6.45) is -6.65. The van der Waals surface area contributed by atoms with E-state index in [1.165, 1.54) is 33.1 Å². The fourth-order valence-electron chi connectivity index (χ4n) is 8.45. The molecule has 0 aliphatic carbocycles. The highest BCUT2D eigenvalue weighted by atomic mass is 35.5. The van der Waals surface area contributed by atoms with Crippen LogP contribution in [0.1, 0.15) is 111 Å². The number of phenols is 2. The van der Waals surface area contributed by atoms with Crippen LogP contribution < -0.4 is 0 Å². The normalized spacial score (nSPS) is 35.1. The summed E-state index contributed by atoms with van der Waals surface area (Å²) in [5, 5.41) is 76.6. The van der Waals surface area contributed by atoms with Crippen molar-refractivity contribution in [1.82, 2.24) is 0 Å². The molecule has 2 saturated heterocycles. The van der Waals surface area contributed by atoms with Gasteiger partial charge in [0.25, 0.3) is 0 Å². The maximum absolute atomic E-state index is 14.0. The molecule has 0 bridgehead atoms. The molecule has 18 nitrogen and oxygen atoms in total. The Balaban J connectivity index is 1.65. The van der Waals surface area contributed by atoms with Crippen LogP contribution in [-0.2, 0) is 53.9 Å². The molecule has 0 aromatic heterocycles. The molecule has 3 aliphatic rings. The first-order valence-corrected chi connectivity index (χ1v) is 24.5. The summed E-state index contributed by atoms with van der Waals surface area (Å²) in [6, 6.07) is 0. The van der Waals surface area contributed by atoms with Crippen LogP contribution >= 0.6 is 23.2 Å². The van der Waals surface area contributed by atoms with Crippen LogP contribution in [-0.4, -0.2) is 146 Å². The van der Waals surface area contributed by atoms with Gasteiger partial charge in [0.1, 0.15) is 46.7 Å². The standard InChI is InChI=1S/C51H72Cl2O18/c1-13-29-22-25(6)31(55)17-15-16-18-33(67-50-44(64-12)41(60)43(28(9)65-50)68-48(63)34-30(14-2)35(52)38(57)36(53)37(34)56)47(62)66-32(27(8)54)20-19-24(5)21-26(7)42(29)69-49-40(59)39(58)45(51(10,11)71-49)70-46(61)23(3)4/h15-16,18-19,21-23,27-29,31-32,39-45,49-50,54-60H,13-14,17,20H2,1-12H3/b16-15+,24-19+,25-22+,26-21+,33-18+/t27-,28+,29+,31-,32+,39-,40+,41-,42+,43+,44-,45+,49-,50-/m1/s1. The van der Waals surface area contributed by atoms with E-state index in [4.69, 9.17) is 61.1 Å². The van der Waals surface area contributed by atoms with Gasteiger partial charge < -0.3 is 73.6 Å². The number of benzene rings is 1. The van der Waals surface area contributed by atoms with Crippen LogP contribution in [0.15, 0.2) is 58.9 Å². The molecule has 0 spiro atoms. The number of hydrogen-bond donors (Lipinski definition) is 7. The van der Waals surface area contributed by atoms with E-state index in [-0.39, 0.29) is 29.8 Å². The van der Waals surface area contributed by atoms with Gasteiger partial charge in [-0.25, -0.2) is 9.59 Å². The molecule has 1 aromatic carbocycles. The summed E-state index contributed by atoms with van der Waals surface area (Å²) in [5.74, 6) is -5.48. The van der Waals surface area contributed by atoms with Crippen molar-refractivity contribution in [3.63, 3.8) is 0 Å². The second kappa shape index (κ2) is 25.7. The molecule has 7 N–H and O–H groups in total. The Morgan fingerprint density at radius 2 is 1.56 bits per heavy atom. The van der Waals surface area contributed by atoms with Crippen LogP contribution in [0, 0.1) is 11.8 Å². The van der Waals surface area contributed by atoms with Gasteiger partial charge in [-0.3, -0.25) is 4.79 Å². The third-order valence-corrected chi connectivity index (χ3v) is 13.5. The molecule has 4 rings (SSSR count). The molecule has 0 radical (unpaired) electrons. The van der Waals surface area contributed by atoms with E-state index in [2.05, 4.69) is 0 Å². The van der Waals surface area contributed by atoms with Gasteiger partial charge in [-0.1, -0.05) is 86.9 Å². The molecule has 0 amide bonds. The van der Waals surface area contributed by atoms with Crippen molar-refractivity contribution in [3.8, 4) is 11.5 Å². The summed E-state index contributed by atoms with van der Waals surface area (Å²) in [7, 11) is 1.23. The van der Waals surface area contributed by atoms with Gasteiger partial charge in [-0.05, 0) is 90.5 Å². The fourth-order valence-corrected chi connectivity index (χ4v) is 9.01. The zero-order valence-electron chi connectivity index (χ0n) is 42.3. The van der Waals surface area contributed by atoms with Gasteiger partial charge in [-0.2, -0.15) is 0 Å². The van der Waals surface area contributed by atoms with Gasteiger partial charge in [0.2, 0.25) is 12.0 Å². The maximum atomic E-state index is 14.0. The van der Waals surface area contributed by atoms with Gasteiger partial charge in [0, 0.05) is 19.4 Å². The number of aromatic hydroxyl groups is 2. The Hall–Kier alpha value is -4.05. The first-order valence-electron chi connectivity index (χ1n) is 23.7. The van der Waals surface area contributed by atoms with Crippen molar-refractivity contribution in [2.45, 2.75) is 187 Å². The van der Waals surface area contributed by atoms with Crippen molar-refractivity contribution in [2.24, 2.45) is 11.8 Å². The number of rotatable bonds is 12. The van der Waals surface area contributed by atoms with Crippen LogP contribution in [0.2, 0.25) is 10.0 Å². The number of carbonyl (C=O) groups is 3. The van der Waals surface area contributed by atoms with Gasteiger partial charge in [0.05, 0.1) is 35.4 Å². The van der Waals surface area contributed by atoms with E-state index >= 15 is 0 Å². The van der Waals surface area contributed by atoms with Crippen molar-refractivity contribution in [1.29, 1.82) is 0 Å². The van der Waals surface area contributed by atoms with E-state index in [0.717, 1.165) is 0 Å². The molecule has 14 atom stereocenters. The van der Waals surface area contributed by atoms with Crippen molar-refractivity contribution in [2.75, 3.05) is 7.11 Å². The minimum atomic E-state index is -1.65. The second-order valence-corrected chi connectivity index (χ2v) is 19.8. The van der Waals surface area contributed by atoms with Crippen LogP contribution in [0.4, 0.5) is 0 Å². The Labute approximate surface area is 425 Å². The highest BCUT2D eigenvalue weighted by molar-refractivity contribution is 6.39. The lowest BCUT2D eigenvalue weighted by atomic mass is 9.88. The third kappa shape index (κ3) is 14.4. The van der Waals surface area contributed by atoms with Crippen molar-refractivity contribution in [3.05, 3.63) is 80.1 Å². The minimum Gasteiger partial charge on any atom is -0.505 e. The van der Waals surface area contributed by atoms with E-state index in [1.807, 2.05) is 26.0 Å². The minimum absolute atomic E-state index is 0.0214. The second-order valence-electron chi connectivity index (χ2n) is 19.0. The predicted octanol–water partition coefficient (Wildman–Crippen LogP) is 6.19. The number of aliphatic hydroxyl groups is 5. The Morgan fingerprint density at radius 1 is 0.901 bits per heavy atom. The van der Waals surface area contributed by atoms with E-state index in [1.54, 1.807) is 60.6 Å². The number of carbonyl (C=O) groups excluding carboxylic acids is 3. The predicted molar refractivity (Wildman–Crippen MR) is 260 cm³/mol. The fraction of sp³-hybridized carbons (Fsp3) is 0.627. The van der Waals surface area contributed by atoms with Crippen LogP contribution in [0.3, 0.4) is 0 Å². The van der Waals surface area contributed by atoms with E-state index < -0.39 is 143 Å². The Bertz CT molecular complexity index is 2200. The van der Waals surface area contributed by atoms with Crippen LogP contribution in [0.5, 0.6) is 11.5 Å². The summed E-state index contributed by atoms with van der Waals surface area (Å²) in [6.45, 7) is 18.4. The third-order valence-electron chi connectivity index (χ3n) is 12.7. The lowest BCUT2D eigenvalue weighted by Gasteiger charge is -2.47. The number of phenolic OH excluding ortho intramolecular Hbond substituents is 2. The lowest BCUT2D eigenvalue weighted by molar-refractivity contribution is -0.333. The molecule has 3 aliphatic heterocycles. The smallest absolute Gasteiger partial charge is 0.374 e. The number of hydrogen-bond acceptors (Lipinski definition) is 18. The topological polar surface area (TPSA) is 267 Å². The van der Waals surface area contributed by atoms with Crippen molar-refractivity contribution >= 4 is 41.1 Å². The van der Waals surface area contributed by atoms with Gasteiger partial charge >= 0.3 is 17.9 Å². The summed E-state index contributed by atoms with van der Waals surface area (Å²) in [5.41, 5.74) is 0.243. The molecule has 2 fully saturated rings. The van der Waals surface area contributed by atoms with Gasteiger partial charge in [-0.15, -0.1) is 0 Å². The summed E-state index contributed by atoms with van der Waals surface area (Å²) < 4.78 is 47.5. The molecule has 0 unspecified atom stereocenters. The largest absolute Gasteiger partial charge is 0.505 e. The molecule has 398 valence electrons. The monoisotopic (exact) mass is 1040 g/mol. The highest BCUT2D eigenvalue weighted by Gasteiger charge is 2.53. The molecule has 3 heterocycles. The Kier molecular flexibility index (Phi) is 21.6. The number of allylic oxidation sites excluding steroid dienone is 4. The average molecular weight is 1040 g/mol.